The Bertz CT molecular complexity index is 399. The molecule has 0 unspecified atom stereocenters. The second-order valence-electron chi connectivity index (χ2n) is 6.41. The van der Waals surface area contributed by atoms with Crippen LogP contribution in [0.25, 0.3) is 0 Å². The zero-order valence-corrected chi connectivity index (χ0v) is 13.4. The van der Waals surface area contributed by atoms with E-state index in [4.69, 9.17) is 5.73 Å². The summed E-state index contributed by atoms with van der Waals surface area (Å²) in [4.78, 5) is 2.70. The van der Waals surface area contributed by atoms with Gasteiger partial charge in [0.2, 0.25) is 0 Å². The fourth-order valence-electron chi connectivity index (χ4n) is 3.45. The Balaban J connectivity index is 2.09. The van der Waals surface area contributed by atoms with Gasteiger partial charge in [0.15, 0.2) is 0 Å². The lowest BCUT2D eigenvalue weighted by Gasteiger charge is -2.36. The van der Waals surface area contributed by atoms with E-state index in [-0.39, 0.29) is 0 Å². The minimum absolute atomic E-state index is 0.440. The maximum atomic E-state index is 6.05. The van der Waals surface area contributed by atoms with Gasteiger partial charge in [-0.2, -0.15) is 0 Å². The Morgan fingerprint density at radius 1 is 1.10 bits per heavy atom. The summed E-state index contributed by atoms with van der Waals surface area (Å²) in [5.74, 6) is 0. The van der Waals surface area contributed by atoms with Crippen LogP contribution in [0.15, 0.2) is 18.2 Å². The zero-order valence-electron chi connectivity index (χ0n) is 13.4. The zero-order chi connectivity index (χ0) is 14.5. The first-order valence-electron chi connectivity index (χ1n) is 8.16. The number of hydrogen-bond donors (Lipinski definition) is 1. The van der Waals surface area contributed by atoms with Crippen LogP contribution >= 0.6 is 0 Å². The fraction of sp³-hybridized carbons (Fsp3) is 0.667. The molecule has 0 aliphatic heterocycles. The van der Waals surface area contributed by atoms with Crippen molar-refractivity contribution in [3.8, 4) is 0 Å². The van der Waals surface area contributed by atoms with E-state index in [9.17, 15) is 0 Å². The maximum absolute atomic E-state index is 6.05. The second kappa shape index (κ2) is 7.24. The Morgan fingerprint density at radius 3 is 2.25 bits per heavy atom. The van der Waals surface area contributed by atoms with E-state index in [2.05, 4.69) is 43.9 Å². The summed E-state index contributed by atoms with van der Waals surface area (Å²) in [7, 11) is 0. The van der Waals surface area contributed by atoms with Gasteiger partial charge in [0.25, 0.3) is 0 Å². The SMILES string of the molecule is CCCN(Cc1c(C)cccc1C)C1CCC(N)CC1. The van der Waals surface area contributed by atoms with Crippen molar-refractivity contribution in [3.63, 3.8) is 0 Å². The minimum Gasteiger partial charge on any atom is -0.328 e. The Hall–Kier alpha value is -0.860. The largest absolute Gasteiger partial charge is 0.328 e. The second-order valence-corrected chi connectivity index (χ2v) is 6.41. The van der Waals surface area contributed by atoms with Crippen molar-refractivity contribution in [2.75, 3.05) is 6.54 Å². The smallest absolute Gasteiger partial charge is 0.0241 e. The van der Waals surface area contributed by atoms with E-state index in [1.165, 1.54) is 55.3 Å². The number of benzene rings is 1. The van der Waals surface area contributed by atoms with Crippen LogP contribution in [0.3, 0.4) is 0 Å². The molecule has 1 aliphatic rings. The third kappa shape index (κ3) is 3.83. The highest BCUT2D eigenvalue weighted by atomic mass is 15.2. The summed E-state index contributed by atoms with van der Waals surface area (Å²) >= 11 is 0. The summed E-state index contributed by atoms with van der Waals surface area (Å²) in [6, 6.07) is 7.81. The van der Waals surface area contributed by atoms with E-state index in [1.807, 2.05) is 0 Å². The first-order chi connectivity index (χ1) is 9.61. The third-order valence-corrected chi connectivity index (χ3v) is 4.77. The van der Waals surface area contributed by atoms with Gasteiger partial charge in [-0.3, -0.25) is 4.90 Å². The Labute approximate surface area is 124 Å². The number of nitrogens with two attached hydrogens (primary N) is 1. The molecule has 2 nitrogen and oxygen atoms in total. The lowest BCUT2D eigenvalue weighted by atomic mass is 9.90. The highest BCUT2D eigenvalue weighted by molar-refractivity contribution is 5.33. The normalized spacial score (nSPS) is 23.2. The molecule has 1 aliphatic carbocycles. The molecule has 0 amide bonds. The van der Waals surface area contributed by atoms with E-state index < -0.39 is 0 Å². The summed E-state index contributed by atoms with van der Waals surface area (Å²) < 4.78 is 0. The number of rotatable bonds is 5. The van der Waals surface area contributed by atoms with Crippen molar-refractivity contribution in [2.24, 2.45) is 5.73 Å². The average Bonchev–Trinajstić information content (AvgIpc) is 2.43. The Morgan fingerprint density at radius 2 is 1.70 bits per heavy atom. The molecule has 20 heavy (non-hydrogen) atoms. The van der Waals surface area contributed by atoms with Gasteiger partial charge in [0.05, 0.1) is 0 Å². The maximum Gasteiger partial charge on any atom is 0.0241 e. The molecule has 1 fully saturated rings. The van der Waals surface area contributed by atoms with Gasteiger partial charge in [-0.05, 0) is 69.2 Å². The summed E-state index contributed by atoms with van der Waals surface area (Å²) in [6.07, 6.45) is 6.15. The van der Waals surface area contributed by atoms with Crippen molar-refractivity contribution < 1.29 is 0 Å². The molecule has 2 N–H and O–H groups in total. The van der Waals surface area contributed by atoms with Gasteiger partial charge in [0.1, 0.15) is 0 Å². The van der Waals surface area contributed by atoms with Crippen molar-refractivity contribution >= 4 is 0 Å². The number of nitrogens with zero attached hydrogens (tertiary/aromatic N) is 1. The third-order valence-electron chi connectivity index (χ3n) is 4.77. The molecule has 112 valence electrons. The molecule has 1 saturated carbocycles. The van der Waals surface area contributed by atoms with Crippen LogP contribution in [0, 0.1) is 13.8 Å². The van der Waals surface area contributed by atoms with Crippen LogP contribution in [0.2, 0.25) is 0 Å². The molecule has 2 heteroatoms. The fourth-order valence-corrected chi connectivity index (χ4v) is 3.45. The predicted octanol–water partition coefficient (Wildman–Crippen LogP) is 3.79. The van der Waals surface area contributed by atoms with E-state index in [0.717, 1.165) is 12.6 Å². The van der Waals surface area contributed by atoms with Crippen LogP contribution in [0.4, 0.5) is 0 Å². The first-order valence-corrected chi connectivity index (χ1v) is 8.16. The van der Waals surface area contributed by atoms with Gasteiger partial charge >= 0.3 is 0 Å². The predicted molar refractivity (Wildman–Crippen MR) is 86.8 cm³/mol. The van der Waals surface area contributed by atoms with Crippen LogP contribution in [0.1, 0.15) is 55.7 Å². The van der Waals surface area contributed by atoms with Crippen LogP contribution in [-0.4, -0.2) is 23.5 Å². The number of hydrogen-bond acceptors (Lipinski definition) is 2. The molecule has 0 bridgehead atoms. The molecule has 1 aromatic carbocycles. The van der Waals surface area contributed by atoms with E-state index >= 15 is 0 Å². The topological polar surface area (TPSA) is 29.3 Å². The van der Waals surface area contributed by atoms with Crippen LogP contribution in [0.5, 0.6) is 0 Å². The molecule has 0 spiro atoms. The van der Waals surface area contributed by atoms with E-state index in [0.29, 0.717) is 6.04 Å². The molecule has 0 heterocycles. The molecule has 0 saturated heterocycles. The summed E-state index contributed by atoms with van der Waals surface area (Å²) in [5.41, 5.74) is 10.4. The van der Waals surface area contributed by atoms with Gasteiger partial charge < -0.3 is 5.73 Å². The average molecular weight is 274 g/mol. The van der Waals surface area contributed by atoms with Gasteiger partial charge in [-0.25, -0.2) is 0 Å². The molecule has 2 rings (SSSR count). The molecule has 0 aromatic heterocycles. The summed E-state index contributed by atoms with van der Waals surface area (Å²) in [6.45, 7) is 9.07. The molecule has 0 radical (unpaired) electrons. The van der Waals surface area contributed by atoms with Crippen molar-refractivity contribution in [3.05, 3.63) is 34.9 Å². The lowest BCUT2D eigenvalue weighted by Crippen LogP contribution is -2.41. The van der Waals surface area contributed by atoms with Crippen LogP contribution in [-0.2, 0) is 6.54 Å². The van der Waals surface area contributed by atoms with Crippen molar-refractivity contribution in [1.29, 1.82) is 0 Å². The molecular weight excluding hydrogens is 244 g/mol. The minimum atomic E-state index is 0.440. The number of aryl methyl sites for hydroxylation is 2. The monoisotopic (exact) mass is 274 g/mol. The van der Waals surface area contributed by atoms with Gasteiger partial charge in [0, 0.05) is 18.6 Å². The molecular formula is C18H30N2. The van der Waals surface area contributed by atoms with Gasteiger partial charge in [-0.15, -0.1) is 0 Å². The van der Waals surface area contributed by atoms with Crippen molar-refractivity contribution in [2.45, 2.75) is 71.5 Å². The lowest BCUT2D eigenvalue weighted by molar-refractivity contribution is 0.141. The van der Waals surface area contributed by atoms with Crippen molar-refractivity contribution in [1.82, 2.24) is 4.90 Å². The van der Waals surface area contributed by atoms with Gasteiger partial charge in [-0.1, -0.05) is 25.1 Å². The van der Waals surface area contributed by atoms with E-state index in [1.54, 1.807) is 0 Å². The quantitative estimate of drug-likeness (QED) is 0.885. The molecule has 1 aromatic rings. The molecule has 0 atom stereocenters. The van der Waals surface area contributed by atoms with Crippen LogP contribution < -0.4 is 5.73 Å². The first kappa shape index (κ1) is 15.5. The highest BCUT2D eigenvalue weighted by Gasteiger charge is 2.24. The highest BCUT2D eigenvalue weighted by Crippen LogP contribution is 2.25. The Kier molecular flexibility index (Phi) is 5.62. The standard InChI is InChI=1S/C18H30N2/c1-4-12-20(17-10-8-16(19)9-11-17)13-18-14(2)6-5-7-15(18)3/h5-7,16-17H,4,8-13,19H2,1-3H3. The summed E-state index contributed by atoms with van der Waals surface area (Å²) in [5, 5.41) is 0.